The van der Waals surface area contributed by atoms with E-state index in [1.54, 1.807) is 17.4 Å². The summed E-state index contributed by atoms with van der Waals surface area (Å²) in [5.41, 5.74) is 1.02. The van der Waals surface area contributed by atoms with Crippen molar-refractivity contribution < 1.29 is 8.42 Å². The molecule has 6 heteroatoms. The highest BCUT2D eigenvalue weighted by molar-refractivity contribution is 7.89. The molecule has 1 saturated heterocycles. The minimum absolute atomic E-state index is 0.177. The Morgan fingerprint density at radius 1 is 1.62 bits per heavy atom. The molecule has 0 spiro atoms. The van der Waals surface area contributed by atoms with Crippen LogP contribution in [0.4, 0.5) is 0 Å². The third-order valence-corrected chi connectivity index (χ3v) is 4.87. The Kier molecular flexibility index (Phi) is 3.03. The monoisotopic (exact) mass is 243 g/mol. The van der Waals surface area contributed by atoms with Gasteiger partial charge in [0.05, 0.1) is 5.75 Å². The zero-order chi connectivity index (χ0) is 11.8. The number of rotatable bonds is 3. The highest BCUT2D eigenvalue weighted by atomic mass is 32.2. The highest BCUT2D eigenvalue weighted by Gasteiger charge is 2.32. The van der Waals surface area contributed by atoms with Gasteiger partial charge in [-0.05, 0) is 20.3 Å². The summed E-state index contributed by atoms with van der Waals surface area (Å²) in [6.45, 7) is 4.80. The Balaban J connectivity index is 2.09. The quantitative estimate of drug-likeness (QED) is 0.856. The highest BCUT2D eigenvalue weighted by Crippen LogP contribution is 2.26. The first-order valence-electron chi connectivity index (χ1n) is 5.52. The predicted octanol–water partition coefficient (Wildman–Crippen LogP) is 0.857. The molecule has 0 amide bonds. The number of nitrogens with one attached hydrogen (secondary N) is 1. The van der Waals surface area contributed by atoms with Crippen molar-refractivity contribution in [3.63, 3.8) is 0 Å². The first-order valence-corrected chi connectivity index (χ1v) is 7.13. The van der Waals surface area contributed by atoms with Crippen LogP contribution in [0.1, 0.15) is 30.8 Å². The first kappa shape index (κ1) is 11.6. The minimum Gasteiger partial charge on any atom is -0.346 e. The summed E-state index contributed by atoms with van der Waals surface area (Å²) in [6, 6.07) is 0. The minimum atomic E-state index is -3.04. The second-order valence-electron chi connectivity index (χ2n) is 4.20. The van der Waals surface area contributed by atoms with Gasteiger partial charge in [-0.15, -0.1) is 0 Å². The Morgan fingerprint density at radius 3 is 2.94 bits per heavy atom. The Bertz CT molecular complexity index is 466. The fourth-order valence-corrected chi connectivity index (χ4v) is 3.18. The van der Waals surface area contributed by atoms with Crippen molar-refractivity contribution in [1.82, 2.24) is 14.3 Å². The number of imidazole rings is 1. The number of hydrogen-bond donors (Lipinski definition) is 1. The number of aromatic nitrogens is 2. The van der Waals surface area contributed by atoms with E-state index >= 15 is 0 Å². The number of nitrogens with zero attached hydrogens (tertiary/aromatic N) is 2. The molecule has 2 rings (SSSR count). The third kappa shape index (κ3) is 2.12. The number of sulfonamides is 1. The van der Waals surface area contributed by atoms with Crippen LogP contribution < -0.4 is 0 Å². The van der Waals surface area contributed by atoms with E-state index in [2.05, 4.69) is 9.97 Å². The van der Waals surface area contributed by atoms with Gasteiger partial charge in [0, 0.05) is 30.9 Å². The zero-order valence-corrected chi connectivity index (χ0v) is 10.4. The lowest BCUT2D eigenvalue weighted by Gasteiger charge is -2.14. The standard InChI is InChI=1S/C10H17N3O2S/c1-3-16(14,15)13-5-4-9(7-13)10-11-6-8(2)12-10/h6,9H,3-5,7H2,1-2H3,(H,11,12). The topological polar surface area (TPSA) is 66.1 Å². The van der Waals surface area contributed by atoms with E-state index in [9.17, 15) is 8.42 Å². The normalized spacial score (nSPS) is 22.8. The summed E-state index contributed by atoms with van der Waals surface area (Å²) in [4.78, 5) is 7.44. The molecule has 90 valence electrons. The summed E-state index contributed by atoms with van der Waals surface area (Å²) in [5, 5.41) is 0. The molecule has 0 aliphatic carbocycles. The molecule has 1 aromatic rings. The molecule has 1 aliphatic heterocycles. The molecule has 1 fully saturated rings. The van der Waals surface area contributed by atoms with Crippen molar-refractivity contribution >= 4 is 10.0 Å². The van der Waals surface area contributed by atoms with Crippen molar-refractivity contribution in [1.29, 1.82) is 0 Å². The molecule has 2 heterocycles. The van der Waals surface area contributed by atoms with Gasteiger partial charge in [-0.3, -0.25) is 0 Å². The third-order valence-electron chi connectivity index (χ3n) is 3.02. The van der Waals surface area contributed by atoms with Gasteiger partial charge in [0.2, 0.25) is 10.0 Å². The molecule has 0 radical (unpaired) electrons. The second kappa shape index (κ2) is 4.18. The van der Waals surface area contributed by atoms with E-state index in [1.807, 2.05) is 6.92 Å². The van der Waals surface area contributed by atoms with Crippen molar-refractivity contribution in [2.45, 2.75) is 26.2 Å². The summed E-state index contributed by atoms with van der Waals surface area (Å²) < 4.78 is 24.9. The smallest absolute Gasteiger partial charge is 0.213 e. The number of H-pyrrole nitrogens is 1. The van der Waals surface area contributed by atoms with Crippen molar-refractivity contribution in [2.75, 3.05) is 18.8 Å². The van der Waals surface area contributed by atoms with Gasteiger partial charge < -0.3 is 4.98 Å². The van der Waals surface area contributed by atoms with Crippen molar-refractivity contribution in [3.05, 3.63) is 17.7 Å². The van der Waals surface area contributed by atoms with E-state index in [0.717, 1.165) is 17.9 Å². The van der Waals surface area contributed by atoms with Crippen LogP contribution in [0.5, 0.6) is 0 Å². The van der Waals surface area contributed by atoms with E-state index in [4.69, 9.17) is 0 Å². The molecule has 1 aliphatic rings. The maximum Gasteiger partial charge on any atom is 0.213 e. The Hall–Kier alpha value is -0.880. The molecule has 16 heavy (non-hydrogen) atoms. The van der Waals surface area contributed by atoms with Gasteiger partial charge in [0.15, 0.2) is 0 Å². The van der Waals surface area contributed by atoms with Crippen LogP contribution in [0.15, 0.2) is 6.20 Å². The summed E-state index contributed by atoms with van der Waals surface area (Å²) in [7, 11) is -3.04. The van der Waals surface area contributed by atoms with E-state index in [0.29, 0.717) is 13.1 Å². The summed E-state index contributed by atoms with van der Waals surface area (Å²) >= 11 is 0. The Labute approximate surface area is 95.9 Å². The van der Waals surface area contributed by atoms with E-state index < -0.39 is 10.0 Å². The van der Waals surface area contributed by atoms with Crippen LogP contribution in [0.25, 0.3) is 0 Å². The number of hydrogen-bond acceptors (Lipinski definition) is 3. The average molecular weight is 243 g/mol. The largest absolute Gasteiger partial charge is 0.346 e. The maximum absolute atomic E-state index is 11.7. The molecule has 1 aromatic heterocycles. The van der Waals surface area contributed by atoms with Crippen molar-refractivity contribution in [3.8, 4) is 0 Å². The number of aryl methyl sites for hydroxylation is 1. The maximum atomic E-state index is 11.7. The fourth-order valence-electron chi connectivity index (χ4n) is 2.03. The zero-order valence-electron chi connectivity index (χ0n) is 9.60. The first-order chi connectivity index (χ1) is 7.53. The van der Waals surface area contributed by atoms with Gasteiger partial charge in [-0.25, -0.2) is 17.7 Å². The van der Waals surface area contributed by atoms with E-state index in [-0.39, 0.29) is 11.7 Å². The summed E-state index contributed by atoms with van der Waals surface area (Å²) in [5.74, 6) is 1.30. The van der Waals surface area contributed by atoms with Gasteiger partial charge in [0.25, 0.3) is 0 Å². The fraction of sp³-hybridized carbons (Fsp3) is 0.700. The van der Waals surface area contributed by atoms with Crippen LogP contribution in [-0.4, -0.2) is 41.5 Å². The van der Waals surface area contributed by atoms with Gasteiger partial charge in [-0.2, -0.15) is 0 Å². The van der Waals surface area contributed by atoms with Crippen LogP contribution in [0.2, 0.25) is 0 Å². The van der Waals surface area contributed by atoms with Crippen LogP contribution in [0.3, 0.4) is 0 Å². The van der Waals surface area contributed by atoms with Crippen LogP contribution in [-0.2, 0) is 10.0 Å². The SMILES string of the molecule is CCS(=O)(=O)N1CCC(c2ncc(C)[nH]2)C1. The second-order valence-corrected chi connectivity index (χ2v) is 6.45. The predicted molar refractivity (Wildman–Crippen MR) is 61.7 cm³/mol. The molecule has 0 saturated carbocycles. The molecule has 5 nitrogen and oxygen atoms in total. The lowest BCUT2D eigenvalue weighted by molar-refractivity contribution is 0.472. The van der Waals surface area contributed by atoms with Crippen LogP contribution in [0, 0.1) is 6.92 Å². The lowest BCUT2D eigenvalue weighted by Crippen LogP contribution is -2.30. The van der Waals surface area contributed by atoms with Gasteiger partial charge in [-0.1, -0.05) is 0 Å². The van der Waals surface area contributed by atoms with Crippen LogP contribution >= 0.6 is 0 Å². The average Bonchev–Trinajstić information content (AvgIpc) is 2.85. The molecule has 0 bridgehead atoms. The molecule has 1 unspecified atom stereocenters. The van der Waals surface area contributed by atoms with Gasteiger partial charge >= 0.3 is 0 Å². The van der Waals surface area contributed by atoms with E-state index in [1.165, 1.54) is 0 Å². The Morgan fingerprint density at radius 2 is 2.38 bits per heavy atom. The van der Waals surface area contributed by atoms with Crippen molar-refractivity contribution in [2.24, 2.45) is 0 Å². The molecule has 1 atom stereocenters. The van der Waals surface area contributed by atoms with Gasteiger partial charge in [0.1, 0.15) is 5.82 Å². The number of aromatic amines is 1. The summed E-state index contributed by atoms with van der Waals surface area (Å²) in [6.07, 6.45) is 2.64. The molecular formula is C10H17N3O2S. The molecule has 1 N–H and O–H groups in total. The molecular weight excluding hydrogens is 226 g/mol. The lowest BCUT2D eigenvalue weighted by atomic mass is 10.1. The molecule has 0 aromatic carbocycles.